The number of aromatic nitrogens is 3. The van der Waals surface area contributed by atoms with Gasteiger partial charge in [0.2, 0.25) is 5.91 Å². The molecule has 2 N–H and O–H groups in total. The first-order chi connectivity index (χ1) is 16.4. The van der Waals surface area contributed by atoms with Crippen molar-refractivity contribution in [1.82, 2.24) is 20.3 Å². The van der Waals surface area contributed by atoms with E-state index in [2.05, 4.69) is 20.3 Å². The van der Waals surface area contributed by atoms with E-state index in [4.69, 9.17) is 4.74 Å². The summed E-state index contributed by atoms with van der Waals surface area (Å²) in [5.74, 6) is 1.68. The van der Waals surface area contributed by atoms with Gasteiger partial charge in [-0.1, -0.05) is 13.0 Å². The first kappa shape index (κ1) is 22.1. The molecule has 0 bridgehead atoms. The average Bonchev–Trinajstić information content (AvgIpc) is 3.45. The minimum absolute atomic E-state index is 0.0369. The summed E-state index contributed by atoms with van der Waals surface area (Å²) < 4.78 is 30.4. The molecule has 2 aromatic heterocycles. The van der Waals surface area contributed by atoms with Crippen LogP contribution in [0.25, 0.3) is 22.6 Å². The Labute approximate surface area is 197 Å². The minimum atomic E-state index is -3.29. The van der Waals surface area contributed by atoms with Gasteiger partial charge in [-0.15, -0.1) is 0 Å². The minimum Gasteiger partial charge on any atom is -0.457 e. The summed E-state index contributed by atoms with van der Waals surface area (Å²) in [5.41, 5.74) is 3.13. The lowest BCUT2D eigenvalue weighted by Crippen LogP contribution is -2.20. The number of aromatic amines is 1. The highest BCUT2D eigenvalue weighted by Crippen LogP contribution is 2.33. The molecule has 174 valence electrons. The van der Waals surface area contributed by atoms with Crippen LogP contribution in [-0.4, -0.2) is 41.6 Å². The lowest BCUT2D eigenvalue weighted by Gasteiger charge is -2.14. The van der Waals surface area contributed by atoms with Crippen molar-refractivity contribution < 1.29 is 17.9 Å². The fourth-order valence-corrected chi connectivity index (χ4v) is 4.96. The molecule has 0 aliphatic carbocycles. The summed E-state index contributed by atoms with van der Waals surface area (Å²) in [6.45, 7) is 2.28. The Morgan fingerprint density at radius 1 is 1.12 bits per heavy atom. The number of hydrogen-bond donors (Lipinski definition) is 2. The van der Waals surface area contributed by atoms with Crippen molar-refractivity contribution in [2.45, 2.75) is 24.7 Å². The van der Waals surface area contributed by atoms with Gasteiger partial charge < -0.3 is 15.0 Å². The number of fused-ring (bicyclic) bond motifs is 1. The van der Waals surface area contributed by atoms with Crippen LogP contribution in [0.1, 0.15) is 18.9 Å². The fraction of sp³-hybridized carbons (Fsp3) is 0.240. The van der Waals surface area contributed by atoms with E-state index in [-0.39, 0.29) is 22.5 Å². The largest absolute Gasteiger partial charge is 0.457 e. The number of benzene rings is 2. The first-order valence-corrected chi connectivity index (χ1v) is 12.8. The van der Waals surface area contributed by atoms with E-state index in [1.165, 1.54) is 0 Å². The zero-order chi connectivity index (χ0) is 23.7. The zero-order valence-corrected chi connectivity index (χ0v) is 19.4. The Balaban J connectivity index is 1.52. The predicted octanol–water partition coefficient (Wildman–Crippen LogP) is 3.89. The number of ether oxygens (including phenoxy) is 1. The van der Waals surface area contributed by atoms with Crippen LogP contribution in [0.5, 0.6) is 11.5 Å². The van der Waals surface area contributed by atoms with E-state index < -0.39 is 9.84 Å². The Kier molecular flexibility index (Phi) is 5.79. The van der Waals surface area contributed by atoms with Crippen molar-refractivity contribution in [1.29, 1.82) is 0 Å². The number of carbonyl (C=O) groups is 1. The monoisotopic (exact) mass is 476 g/mol. The van der Waals surface area contributed by atoms with E-state index in [9.17, 15) is 13.2 Å². The average molecular weight is 477 g/mol. The zero-order valence-electron chi connectivity index (χ0n) is 18.6. The molecule has 2 aromatic carbocycles. The molecule has 1 amide bonds. The number of pyridine rings is 1. The van der Waals surface area contributed by atoms with Gasteiger partial charge in [0.15, 0.2) is 15.7 Å². The SMILES string of the molecule is CCS(=O)(=O)c1ccc(Oc2cc3nc(-c4ccccn4)[nH]c3cc2CC2CCNC2=O)cc1. The lowest BCUT2D eigenvalue weighted by molar-refractivity contribution is -0.122. The number of carbonyl (C=O) groups excluding carboxylic acids is 1. The number of sulfone groups is 1. The number of rotatable bonds is 7. The van der Waals surface area contributed by atoms with Crippen molar-refractivity contribution in [2.75, 3.05) is 12.3 Å². The Bertz CT molecular complexity index is 1450. The lowest BCUT2D eigenvalue weighted by atomic mass is 9.97. The molecule has 1 aliphatic heterocycles. The summed E-state index contributed by atoms with van der Waals surface area (Å²) in [5, 5.41) is 2.88. The molecule has 8 nitrogen and oxygen atoms in total. The molecule has 1 unspecified atom stereocenters. The third kappa shape index (κ3) is 4.38. The third-order valence-electron chi connectivity index (χ3n) is 5.99. The number of nitrogens with one attached hydrogen (secondary N) is 2. The second-order valence-electron chi connectivity index (χ2n) is 8.24. The number of nitrogens with zero attached hydrogens (tertiary/aromatic N) is 2. The Morgan fingerprint density at radius 3 is 2.62 bits per heavy atom. The maximum atomic E-state index is 12.2. The molecular formula is C25H24N4O4S. The predicted molar refractivity (Wildman–Crippen MR) is 128 cm³/mol. The third-order valence-corrected chi connectivity index (χ3v) is 7.74. The normalized spacial score (nSPS) is 16.0. The summed E-state index contributed by atoms with van der Waals surface area (Å²) >= 11 is 0. The van der Waals surface area contributed by atoms with E-state index >= 15 is 0 Å². The molecule has 9 heteroatoms. The van der Waals surface area contributed by atoms with Crippen LogP contribution in [0, 0.1) is 5.92 Å². The van der Waals surface area contributed by atoms with Gasteiger partial charge in [-0.25, -0.2) is 13.4 Å². The molecule has 1 saturated heterocycles. The van der Waals surface area contributed by atoms with Gasteiger partial charge in [-0.2, -0.15) is 0 Å². The summed E-state index contributed by atoms with van der Waals surface area (Å²) in [6.07, 6.45) is 3.00. The van der Waals surface area contributed by atoms with Crippen LogP contribution in [0.4, 0.5) is 0 Å². The van der Waals surface area contributed by atoms with Crippen molar-refractivity contribution >= 4 is 26.8 Å². The molecule has 34 heavy (non-hydrogen) atoms. The second-order valence-corrected chi connectivity index (χ2v) is 10.5. The van der Waals surface area contributed by atoms with Crippen molar-refractivity contribution in [3.63, 3.8) is 0 Å². The highest BCUT2D eigenvalue weighted by Gasteiger charge is 2.26. The van der Waals surface area contributed by atoms with Gasteiger partial charge in [0, 0.05) is 24.7 Å². The van der Waals surface area contributed by atoms with E-state index in [0.717, 1.165) is 23.2 Å². The highest BCUT2D eigenvalue weighted by molar-refractivity contribution is 7.91. The van der Waals surface area contributed by atoms with Gasteiger partial charge in [0.05, 0.1) is 21.7 Å². The molecule has 5 rings (SSSR count). The molecule has 4 aromatic rings. The maximum Gasteiger partial charge on any atom is 0.223 e. The van der Waals surface area contributed by atoms with Gasteiger partial charge in [-0.3, -0.25) is 9.78 Å². The number of hydrogen-bond acceptors (Lipinski definition) is 6. The topological polar surface area (TPSA) is 114 Å². The second kappa shape index (κ2) is 8.90. The molecule has 0 saturated carbocycles. The Hall–Kier alpha value is -3.72. The van der Waals surface area contributed by atoms with Crippen LogP contribution in [-0.2, 0) is 21.1 Å². The number of amides is 1. The van der Waals surface area contributed by atoms with Gasteiger partial charge in [0.1, 0.15) is 17.2 Å². The molecule has 3 heterocycles. The van der Waals surface area contributed by atoms with E-state index in [1.807, 2.05) is 30.3 Å². The van der Waals surface area contributed by atoms with Crippen LogP contribution in [0.3, 0.4) is 0 Å². The summed E-state index contributed by atoms with van der Waals surface area (Å²) in [4.78, 5) is 24.8. The van der Waals surface area contributed by atoms with Crippen molar-refractivity contribution in [2.24, 2.45) is 5.92 Å². The Morgan fingerprint density at radius 2 is 1.94 bits per heavy atom. The van der Waals surface area contributed by atoms with Crippen LogP contribution in [0.2, 0.25) is 0 Å². The molecule has 0 radical (unpaired) electrons. The highest BCUT2D eigenvalue weighted by atomic mass is 32.2. The molecule has 1 atom stereocenters. The van der Waals surface area contributed by atoms with Gasteiger partial charge in [0.25, 0.3) is 0 Å². The molecular weight excluding hydrogens is 452 g/mol. The fourth-order valence-electron chi connectivity index (χ4n) is 4.08. The van der Waals surface area contributed by atoms with Gasteiger partial charge >= 0.3 is 0 Å². The first-order valence-electron chi connectivity index (χ1n) is 11.2. The summed E-state index contributed by atoms with van der Waals surface area (Å²) in [7, 11) is -3.29. The van der Waals surface area contributed by atoms with Crippen molar-refractivity contribution in [3.05, 3.63) is 66.4 Å². The van der Waals surface area contributed by atoms with Crippen LogP contribution >= 0.6 is 0 Å². The quantitative estimate of drug-likeness (QED) is 0.418. The smallest absolute Gasteiger partial charge is 0.223 e. The molecule has 1 fully saturated rings. The molecule has 0 spiro atoms. The molecule has 1 aliphatic rings. The standard InChI is InChI=1S/C25H24N4O4S/c1-2-34(31,32)19-8-6-18(7-9-19)33-23-15-22-21(14-17(23)13-16-10-12-27-25(16)30)28-24(29-22)20-5-3-4-11-26-20/h3-9,11,14-16H,2,10,12-13H2,1H3,(H,27,30)(H,28,29). The van der Waals surface area contributed by atoms with Crippen LogP contribution < -0.4 is 10.1 Å². The van der Waals surface area contributed by atoms with Crippen LogP contribution in [0.15, 0.2) is 65.7 Å². The van der Waals surface area contributed by atoms with Gasteiger partial charge in [-0.05, 0) is 60.9 Å². The number of H-pyrrole nitrogens is 1. The summed E-state index contributed by atoms with van der Waals surface area (Å²) in [6, 6.07) is 15.8. The van der Waals surface area contributed by atoms with E-state index in [0.29, 0.717) is 35.8 Å². The maximum absolute atomic E-state index is 12.2. The van der Waals surface area contributed by atoms with E-state index in [1.54, 1.807) is 37.4 Å². The van der Waals surface area contributed by atoms with Crippen molar-refractivity contribution in [3.8, 4) is 23.0 Å². The number of imidazole rings is 1.